The molecule has 3 aromatic carbocycles. The Morgan fingerprint density at radius 2 is 1.68 bits per heavy atom. The predicted octanol–water partition coefficient (Wildman–Crippen LogP) is 6.67. The number of benzene rings is 3. The van der Waals surface area contributed by atoms with E-state index in [0.717, 1.165) is 18.5 Å². The number of anilines is 1. The van der Waals surface area contributed by atoms with Gasteiger partial charge in [-0.3, -0.25) is 4.99 Å². The average molecular weight is 385 g/mol. The van der Waals surface area contributed by atoms with Crippen molar-refractivity contribution in [3.05, 3.63) is 95.6 Å². The summed E-state index contributed by atoms with van der Waals surface area (Å²) in [6.45, 7) is 4.48. The van der Waals surface area contributed by atoms with Crippen LogP contribution in [-0.2, 0) is 12.8 Å². The number of hydrogen-bond donors (Lipinski definition) is 1. The summed E-state index contributed by atoms with van der Waals surface area (Å²) < 4.78 is 3.79. The zero-order chi connectivity index (χ0) is 19.6. The Balaban J connectivity index is 1.66. The number of nitrogens with zero attached hydrogens (tertiary/aromatic N) is 1. The number of aryl methyl sites for hydroxylation is 2. The van der Waals surface area contributed by atoms with Crippen LogP contribution >= 0.6 is 0 Å². The minimum Gasteiger partial charge on any atom is -0.476 e. The van der Waals surface area contributed by atoms with Crippen molar-refractivity contribution in [2.45, 2.75) is 37.3 Å². The van der Waals surface area contributed by atoms with Gasteiger partial charge in [-0.05, 0) is 53.8 Å². The lowest BCUT2D eigenvalue weighted by atomic mass is 10.1. The fourth-order valence-corrected chi connectivity index (χ4v) is 5.45. The molecule has 0 aliphatic carbocycles. The van der Waals surface area contributed by atoms with Crippen molar-refractivity contribution >= 4 is 32.0 Å². The Morgan fingerprint density at radius 1 is 0.893 bits per heavy atom. The summed E-state index contributed by atoms with van der Waals surface area (Å²) in [5.74, 6) is 0. The van der Waals surface area contributed by atoms with Crippen molar-refractivity contribution < 1.29 is 0 Å². The zero-order valence-electron chi connectivity index (χ0n) is 16.9. The largest absolute Gasteiger partial charge is 0.476 e. The number of para-hydroxylation sites is 1. The molecule has 0 aromatic heterocycles. The average Bonchev–Trinajstić information content (AvgIpc) is 2.76. The third-order valence-corrected chi connectivity index (χ3v) is 7.84. The van der Waals surface area contributed by atoms with Crippen LogP contribution in [0.25, 0.3) is 0 Å². The Bertz CT molecular complexity index is 890. The Hall–Kier alpha value is -2.34. The molecular weight excluding hydrogens is 355 g/mol. The van der Waals surface area contributed by atoms with E-state index < -0.39 is 14.4 Å². The molecule has 0 bridgehead atoms. The number of aliphatic imine (C=N–C) groups is 1. The third kappa shape index (κ3) is 6.09. The molecule has 0 fully saturated rings. The second-order valence-corrected chi connectivity index (χ2v) is 10.2. The van der Waals surface area contributed by atoms with Gasteiger partial charge in [0, 0.05) is 11.9 Å². The minimum atomic E-state index is -1.02. The molecule has 0 aliphatic rings. The zero-order valence-corrected chi connectivity index (χ0v) is 18.1. The van der Waals surface area contributed by atoms with Crippen molar-refractivity contribution in [2.24, 2.45) is 4.99 Å². The lowest BCUT2D eigenvalue weighted by Gasteiger charge is -2.14. The van der Waals surface area contributed by atoms with Crippen LogP contribution in [0.1, 0.15) is 30.5 Å². The van der Waals surface area contributed by atoms with Gasteiger partial charge < -0.3 is 4.30 Å². The van der Waals surface area contributed by atoms with E-state index in [0.29, 0.717) is 0 Å². The first-order valence-corrected chi connectivity index (χ1v) is 12.5. The summed E-state index contributed by atoms with van der Waals surface area (Å²) in [6.07, 6.45) is 4.16. The first kappa shape index (κ1) is 20.4. The van der Waals surface area contributed by atoms with Crippen LogP contribution in [-0.4, -0.2) is 20.6 Å². The number of rotatable bonds is 9. The smallest absolute Gasteiger partial charge is 0.411 e. The van der Waals surface area contributed by atoms with Gasteiger partial charge in [0.15, 0.2) is 0 Å². The molecule has 0 spiro atoms. The molecule has 28 heavy (non-hydrogen) atoms. The van der Waals surface area contributed by atoms with E-state index in [1.807, 2.05) is 6.21 Å². The van der Waals surface area contributed by atoms with Crippen LogP contribution in [0.2, 0.25) is 10.6 Å². The molecule has 3 aromatic rings. The normalized spacial score (nSPS) is 10.9. The first-order chi connectivity index (χ1) is 13.8. The van der Waals surface area contributed by atoms with E-state index in [1.165, 1.54) is 32.9 Å². The van der Waals surface area contributed by atoms with Crippen LogP contribution < -0.4 is 4.30 Å². The van der Waals surface area contributed by atoms with Crippen molar-refractivity contribution in [3.8, 4) is 0 Å². The summed E-state index contributed by atoms with van der Waals surface area (Å²) in [6, 6.07) is 27.7. The van der Waals surface area contributed by atoms with Crippen LogP contribution in [0.4, 0.5) is 11.4 Å². The summed E-state index contributed by atoms with van der Waals surface area (Å²) >= 11 is -1.02. The maximum Gasteiger partial charge on any atom is 0.411 e. The van der Waals surface area contributed by atoms with Gasteiger partial charge in [0.1, 0.15) is 0 Å². The highest BCUT2D eigenvalue weighted by Crippen LogP contribution is 2.18. The van der Waals surface area contributed by atoms with E-state index in [1.54, 1.807) is 0 Å². The van der Waals surface area contributed by atoms with Gasteiger partial charge in [-0.25, -0.2) is 0 Å². The summed E-state index contributed by atoms with van der Waals surface area (Å²) in [7, 11) is 0. The highest BCUT2D eigenvalue weighted by Gasteiger charge is 2.16. The fourth-order valence-electron chi connectivity index (χ4n) is 3.37. The number of hydrogen-bond acceptors (Lipinski definition) is 2. The summed E-state index contributed by atoms with van der Waals surface area (Å²) in [5, 5.41) is 2.48. The molecule has 1 N–H and O–H groups in total. The lowest BCUT2D eigenvalue weighted by Crippen LogP contribution is -2.24. The summed E-state index contributed by atoms with van der Waals surface area (Å²) in [5.41, 5.74) is 6.23. The van der Waals surface area contributed by atoms with Gasteiger partial charge in [-0.2, -0.15) is 0 Å². The molecule has 0 radical (unpaired) electrons. The second kappa shape index (κ2) is 10.9. The van der Waals surface area contributed by atoms with Crippen LogP contribution in [0.3, 0.4) is 0 Å². The predicted molar refractivity (Wildman–Crippen MR) is 124 cm³/mol. The van der Waals surface area contributed by atoms with Crippen LogP contribution in [0.15, 0.2) is 83.9 Å². The molecular formula is C25H29AlN2. The minimum absolute atomic E-state index is 1.02. The van der Waals surface area contributed by atoms with E-state index in [4.69, 9.17) is 4.99 Å². The maximum absolute atomic E-state index is 4.73. The van der Waals surface area contributed by atoms with Gasteiger partial charge in [0.2, 0.25) is 0 Å². The topological polar surface area (TPSA) is 24.4 Å². The molecule has 0 saturated heterocycles. The maximum atomic E-state index is 4.73. The molecule has 0 atom stereocenters. The Morgan fingerprint density at radius 3 is 2.46 bits per heavy atom. The molecule has 3 heteroatoms. The van der Waals surface area contributed by atoms with Crippen molar-refractivity contribution in [1.82, 2.24) is 0 Å². The molecule has 0 amide bonds. The van der Waals surface area contributed by atoms with Gasteiger partial charge >= 0.3 is 14.4 Å². The lowest BCUT2D eigenvalue weighted by molar-refractivity contribution is 1.09. The summed E-state index contributed by atoms with van der Waals surface area (Å²) in [4.78, 5) is 4.73. The second-order valence-electron chi connectivity index (χ2n) is 7.13. The molecule has 142 valence electrons. The molecule has 0 heterocycles. The van der Waals surface area contributed by atoms with Gasteiger partial charge in [-0.1, -0.05) is 79.0 Å². The number of nitrogens with one attached hydrogen (secondary N) is 1. The molecule has 0 saturated carbocycles. The van der Waals surface area contributed by atoms with Crippen molar-refractivity contribution in [3.63, 3.8) is 0 Å². The van der Waals surface area contributed by atoms with E-state index in [-0.39, 0.29) is 0 Å². The molecule has 2 nitrogen and oxygen atoms in total. The quantitative estimate of drug-likeness (QED) is 0.323. The van der Waals surface area contributed by atoms with Gasteiger partial charge in [0.25, 0.3) is 0 Å². The van der Waals surface area contributed by atoms with E-state index in [2.05, 4.69) is 97.0 Å². The molecule has 0 unspecified atom stereocenters. The molecule has 0 aliphatic heterocycles. The highest BCUT2D eigenvalue weighted by molar-refractivity contribution is 6.62. The fraction of sp³-hybridized carbons (Fsp3) is 0.240. The Labute approximate surface area is 174 Å². The van der Waals surface area contributed by atoms with E-state index >= 15 is 0 Å². The Kier molecular flexibility index (Phi) is 7.91. The standard InChI is InChI=1S/C17H18N.C6H6N.C2H5.Al/c1-3-14-8-7-11-17(12-14)18-13-16-10-6-5-9-15(16)4-2;7-6-4-2-1-3-5-6;1-2;/h5-13H,2-4H2,1H3;1-5,7H;1H2,2H3;/q;-1;;+1. The first-order valence-electron chi connectivity index (χ1n) is 10.3. The van der Waals surface area contributed by atoms with Crippen molar-refractivity contribution in [1.29, 1.82) is 0 Å². The monoisotopic (exact) mass is 384 g/mol. The highest BCUT2D eigenvalue weighted by atomic mass is 27.2. The van der Waals surface area contributed by atoms with Gasteiger partial charge in [0.05, 0.1) is 5.69 Å². The SMILES string of the molecule is CCc1cccc(N=Cc2ccccc2C[CH2][Al]([CH2]C)[NH]c2ccccc2)c1. The van der Waals surface area contributed by atoms with E-state index in [9.17, 15) is 0 Å². The van der Waals surface area contributed by atoms with Crippen molar-refractivity contribution in [2.75, 3.05) is 4.30 Å². The van der Waals surface area contributed by atoms with Crippen LogP contribution in [0.5, 0.6) is 0 Å². The van der Waals surface area contributed by atoms with Crippen LogP contribution in [0, 0.1) is 0 Å². The molecule has 3 rings (SSSR count). The van der Waals surface area contributed by atoms with Gasteiger partial charge in [-0.15, -0.1) is 0 Å². The third-order valence-electron chi connectivity index (χ3n) is 5.13.